The van der Waals surface area contributed by atoms with E-state index in [-0.39, 0.29) is 11.9 Å². The van der Waals surface area contributed by atoms with Gasteiger partial charge >= 0.3 is 0 Å². The summed E-state index contributed by atoms with van der Waals surface area (Å²) in [6.07, 6.45) is 6.83. The van der Waals surface area contributed by atoms with Crippen molar-refractivity contribution in [3.63, 3.8) is 0 Å². The molecule has 4 rings (SSSR count). The van der Waals surface area contributed by atoms with Crippen molar-refractivity contribution in [1.82, 2.24) is 19.7 Å². The van der Waals surface area contributed by atoms with Crippen molar-refractivity contribution in [2.75, 3.05) is 13.1 Å². The van der Waals surface area contributed by atoms with Crippen molar-refractivity contribution >= 4 is 5.91 Å². The third-order valence-electron chi connectivity index (χ3n) is 5.53. The van der Waals surface area contributed by atoms with Gasteiger partial charge in [-0.2, -0.15) is 5.10 Å². The molecule has 0 saturated carbocycles. The topological polar surface area (TPSA) is 51.0 Å². The predicted octanol–water partition coefficient (Wildman–Crippen LogP) is 3.25. The Morgan fingerprint density at radius 2 is 1.92 bits per heavy atom. The van der Waals surface area contributed by atoms with Crippen LogP contribution in [0.5, 0.6) is 0 Å². The standard InChI is InChI=1S/C20H26N4O/c1-14-21-15(2)24(22-14)19-8-5-11-23(13-19)20(25)18-10-9-16-6-3-4-7-17(16)12-18/h9-10,12,19H,3-8,11,13H2,1-2H3/t19-/m0/s1. The number of fused-ring (bicyclic) bond motifs is 1. The molecule has 1 atom stereocenters. The first-order chi connectivity index (χ1) is 12.1. The van der Waals surface area contributed by atoms with Gasteiger partial charge in [0.15, 0.2) is 0 Å². The first-order valence-electron chi connectivity index (χ1n) is 9.42. The number of rotatable bonds is 2. The minimum atomic E-state index is 0.160. The number of hydrogen-bond acceptors (Lipinski definition) is 3. The molecule has 1 aliphatic carbocycles. The zero-order chi connectivity index (χ0) is 17.4. The van der Waals surface area contributed by atoms with E-state index in [0.29, 0.717) is 0 Å². The molecule has 0 radical (unpaired) electrons. The number of piperidine rings is 1. The lowest BCUT2D eigenvalue weighted by Gasteiger charge is -2.33. The van der Waals surface area contributed by atoms with Crippen LogP contribution in [0.15, 0.2) is 18.2 Å². The van der Waals surface area contributed by atoms with Gasteiger partial charge in [0, 0.05) is 18.7 Å². The van der Waals surface area contributed by atoms with Gasteiger partial charge < -0.3 is 4.90 Å². The summed E-state index contributed by atoms with van der Waals surface area (Å²) in [6, 6.07) is 6.54. The van der Waals surface area contributed by atoms with Crippen molar-refractivity contribution in [1.29, 1.82) is 0 Å². The van der Waals surface area contributed by atoms with Crippen molar-refractivity contribution in [3.8, 4) is 0 Å². The monoisotopic (exact) mass is 338 g/mol. The number of carbonyl (C=O) groups excluding carboxylic acids is 1. The van der Waals surface area contributed by atoms with Crippen molar-refractivity contribution in [3.05, 3.63) is 46.5 Å². The molecule has 2 heterocycles. The molecule has 1 amide bonds. The maximum absolute atomic E-state index is 13.0. The largest absolute Gasteiger partial charge is 0.337 e. The van der Waals surface area contributed by atoms with E-state index in [9.17, 15) is 4.79 Å². The highest BCUT2D eigenvalue weighted by Gasteiger charge is 2.27. The second-order valence-electron chi connectivity index (χ2n) is 7.39. The van der Waals surface area contributed by atoms with Crippen molar-refractivity contribution < 1.29 is 4.79 Å². The van der Waals surface area contributed by atoms with E-state index in [2.05, 4.69) is 22.2 Å². The van der Waals surface area contributed by atoms with Gasteiger partial charge in [-0.1, -0.05) is 6.07 Å². The first-order valence-corrected chi connectivity index (χ1v) is 9.42. The third-order valence-corrected chi connectivity index (χ3v) is 5.53. The lowest BCUT2D eigenvalue weighted by Crippen LogP contribution is -2.41. The summed E-state index contributed by atoms with van der Waals surface area (Å²) in [6.45, 7) is 5.46. The smallest absolute Gasteiger partial charge is 0.253 e. The van der Waals surface area contributed by atoms with Crippen LogP contribution in [0.1, 0.15) is 64.9 Å². The van der Waals surface area contributed by atoms with Crippen LogP contribution in [0, 0.1) is 13.8 Å². The molecule has 0 unspecified atom stereocenters. The Morgan fingerprint density at radius 3 is 2.68 bits per heavy atom. The molecule has 2 aliphatic rings. The molecule has 1 aromatic carbocycles. The van der Waals surface area contributed by atoms with Crippen LogP contribution in [0.25, 0.3) is 0 Å². The summed E-state index contributed by atoms with van der Waals surface area (Å²) >= 11 is 0. The Bertz CT molecular complexity index is 795. The van der Waals surface area contributed by atoms with Gasteiger partial charge in [0.05, 0.1) is 6.04 Å². The summed E-state index contributed by atoms with van der Waals surface area (Å²) in [5, 5.41) is 4.53. The van der Waals surface area contributed by atoms with E-state index in [1.165, 1.54) is 24.0 Å². The van der Waals surface area contributed by atoms with E-state index in [4.69, 9.17) is 0 Å². The minimum absolute atomic E-state index is 0.160. The molecule has 0 N–H and O–H groups in total. The number of benzene rings is 1. The highest BCUT2D eigenvalue weighted by Crippen LogP contribution is 2.26. The molecule has 0 bridgehead atoms. The average Bonchev–Trinajstić information content (AvgIpc) is 2.99. The second kappa shape index (κ2) is 6.62. The predicted molar refractivity (Wildman–Crippen MR) is 96.8 cm³/mol. The molecular weight excluding hydrogens is 312 g/mol. The Hall–Kier alpha value is -2.17. The number of nitrogens with zero attached hydrogens (tertiary/aromatic N) is 4. The molecule has 1 aromatic heterocycles. The van der Waals surface area contributed by atoms with Gasteiger partial charge in [-0.05, 0) is 75.6 Å². The molecule has 25 heavy (non-hydrogen) atoms. The molecule has 1 fully saturated rings. The van der Waals surface area contributed by atoms with Crippen LogP contribution in [-0.2, 0) is 12.8 Å². The van der Waals surface area contributed by atoms with Crippen LogP contribution in [0.4, 0.5) is 0 Å². The summed E-state index contributed by atoms with van der Waals surface area (Å²) in [5.41, 5.74) is 3.63. The lowest BCUT2D eigenvalue weighted by atomic mass is 9.90. The zero-order valence-electron chi connectivity index (χ0n) is 15.2. The Labute approximate surface area is 149 Å². The van der Waals surface area contributed by atoms with E-state index in [1.807, 2.05) is 29.5 Å². The summed E-state index contributed by atoms with van der Waals surface area (Å²) < 4.78 is 2.00. The second-order valence-corrected chi connectivity index (χ2v) is 7.39. The molecular formula is C20H26N4O. The van der Waals surface area contributed by atoms with E-state index in [0.717, 1.165) is 56.0 Å². The molecule has 5 nitrogen and oxygen atoms in total. The van der Waals surface area contributed by atoms with E-state index in [1.54, 1.807) is 0 Å². The number of aromatic nitrogens is 3. The number of carbonyl (C=O) groups is 1. The fourth-order valence-corrected chi connectivity index (χ4v) is 4.27. The van der Waals surface area contributed by atoms with Gasteiger partial charge in [-0.15, -0.1) is 0 Å². The number of hydrogen-bond donors (Lipinski definition) is 0. The molecule has 2 aromatic rings. The Morgan fingerprint density at radius 1 is 1.12 bits per heavy atom. The lowest BCUT2D eigenvalue weighted by molar-refractivity contribution is 0.0671. The Balaban J connectivity index is 1.53. The minimum Gasteiger partial charge on any atom is -0.337 e. The normalized spacial score (nSPS) is 20.4. The van der Waals surface area contributed by atoms with E-state index >= 15 is 0 Å². The third kappa shape index (κ3) is 3.20. The fourth-order valence-electron chi connectivity index (χ4n) is 4.27. The van der Waals surface area contributed by atoms with Crippen LogP contribution < -0.4 is 0 Å². The Kier molecular flexibility index (Phi) is 4.32. The van der Waals surface area contributed by atoms with Crippen molar-refractivity contribution in [2.45, 2.75) is 58.4 Å². The van der Waals surface area contributed by atoms with Crippen LogP contribution in [-0.4, -0.2) is 38.7 Å². The highest BCUT2D eigenvalue weighted by atomic mass is 16.2. The molecule has 0 spiro atoms. The van der Waals surface area contributed by atoms with Crippen LogP contribution in [0.3, 0.4) is 0 Å². The number of aryl methyl sites for hydroxylation is 4. The van der Waals surface area contributed by atoms with Gasteiger partial charge in [0.2, 0.25) is 0 Å². The first kappa shape index (κ1) is 16.3. The van der Waals surface area contributed by atoms with Crippen LogP contribution >= 0.6 is 0 Å². The maximum Gasteiger partial charge on any atom is 0.253 e. The summed E-state index contributed by atoms with van der Waals surface area (Å²) in [7, 11) is 0. The molecule has 5 heteroatoms. The van der Waals surface area contributed by atoms with Gasteiger partial charge in [0.1, 0.15) is 11.6 Å². The van der Waals surface area contributed by atoms with Gasteiger partial charge in [-0.25, -0.2) is 9.67 Å². The number of likely N-dealkylation sites (tertiary alicyclic amines) is 1. The molecule has 132 valence electrons. The molecule has 1 aliphatic heterocycles. The van der Waals surface area contributed by atoms with Gasteiger partial charge in [0.25, 0.3) is 5.91 Å². The summed E-state index contributed by atoms with van der Waals surface area (Å²) in [4.78, 5) is 19.4. The van der Waals surface area contributed by atoms with Crippen molar-refractivity contribution in [2.24, 2.45) is 0 Å². The fraction of sp³-hybridized carbons (Fsp3) is 0.550. The number of amides is 1. The average molecular weight is 338 g/mol. The van der Waals surface area contributed by atoms with Crippen LogP contribution in [0.2, 0.25) is 0 Å². The quantitative estimate of drug-likeness (QED) is 0.844. The van der Waals surface area contributed by atoms with Gasteiger partial charge in [-0.3, -0.25) is 4.79 Å². The highest BCUT2D eigenvalue weighted by molar-refractivity contribution is 5.94. The molecule has 1 saturated heterocycles. The SMILES string of the molecule is Cc1nc(C)n([C@H]2CCCN(C(=O)c3ccc4c(c3)CCCC4)C2)n1. The summed E-state index contributed by atoms with van der Waals surface area (Å²) in [5.74, 6) is 1.90. The van der Waals surface area contributed by atoms with E-state index < -0.39 is 0 Å². The zero-order valence-corrected chi connectivity index (χ0v) is 15.2. The maximum atomic E-state index is 13.0.